The van der Waals surface area contributed by atoms with Crippen LogP contribution in [0.3, 0.4) is 0 Å². The summed E-state index contributed by atoms with van der Waals surface area (Å²) in [5.74, 6) is 3.07. The number of nitrogens with two attached hydrogens (primary N) is 1. The monoisotopic (exact) mass is 203 g/mol. The first kappa shape index (κ1) is 11.3. The molecule has 2 N–H and O–H groups in total. The Labute approximate surface area is 85.6 Å². The molecule has 2 atom stereocenters. The van der Waals surface area contributed by atoms with Gasteiger partial charge in [-0.15, -0.1) is 0 Å². The molecule has 1 aliphatic rings. The molecule has 0 saturated carbocycles. The topological polar surface area (TPSA) is 35.2 Å². The lowest BCUT2D eigenvalue weighted by molar-refractivity contribution is 0.118. The van der Waals surface area contributed by atoms with Crippen molar-refractivity contribution < 1.29 is 4.74 Å². The molecule has 0 aromatic carbocycles. The van der Waals surface area contributed by atoms with E-state index in [1.165, 1.54) is 18.6 Å². The molecule has 0 aliphatic carbocycles. The highest BCUT2D eigenvalue weighted by molar-refractivity contribution is 7.99. The number of unbranched alkanes of at least 4 members (excludes halogenated alkanes) is 1. The third kappa shape index (κ3) is 4.34. The minimum atomic E-state index is 0.416. The molecular formula is C10H21NOS. The van der Waals surface area contributed by atoms with E-state index in [1.807, 2.05) is 11.8 Å². The van der Waals surface area contributed by atoms with Crippen LogP contribution in [0.4, 0.5) is 0 Å². The van der Waals surface area contributed by atoms with Gasteiger partial charge < -0.3 is 10.5 Å². The Kier molecular flexibility index (Phi) is 5.83. The first-order chi connectivity index (χ1) is 6.34. The molecule has 13 heavy (non-hydrogen) atoms. The van der Waals surface area contributed by atoms with Gasteiger partial charge in [0, 0.05) is 25.0 Å². The van der Waals surface area contributed by atoms with E-state index in [-0.39, 0.29) is 0 Å². The van der Waals surface area contributed by atoms with Crippen molar-refractivity contribution in [3.8, 4) is 0 Å². The molecule has 0 amide bonds. The van der Waals surface area contributed by atoms with E-state index in [9.17, 15) is 0 Å². The first-order valence-electron chi connectivity index (χ1n) is 5.25. The normalized spacial score (nSPS) is 28.2. The molecule has 1 saturated heterocycles. The third-order valence-corrected chi connectivity index (χ3v) is 3.81. The molecule has 2 unspecified atom stereocenters. The van der Waals surface area contributed by atoms with E-state index in [0.717, 1.165) is 25.4 Å². The lowest BCUT2D eigenvalue weighted by Crippen LogP contribution is -2.29. The SMILES string of the molecule is CCCCOCCC1CSCC1N. The van der Waals surface area contributed by atoms with Gasteiger partial charge in [-0.05, 0) is 24.5 Å². The van der Waals surface area contributed by atoms with Gasteiger partial charge in [0.2, 0.25) is 0 Å². The number of rotatable bonds is 6. The second-order valence-electron chi connectivity index (χ2n) is 3.72. The van der Waals surface area contributed by atoms with Gasteiger partial charge in [-0.1, -0.05) is 13.3 Å². The molecule has 3 heteroatoms. The number of hydrogen-bond donors (Lipinski definition) is 1. The molecule has 2 nitrogen and oxygen atoms in total. The summed E-state index contributed by atoms with van der Waals surface area (Å²) in [5.41, 5.74) is 5.94. The predicted octanol–water partition coefficient (Wildman–Crippen LogP) is 1.88. The van der Waals surface area contributed by atoms with Gasteiger partial charge in [0.1, 0.15) is 0 Å². The van der Waals surface area contributed by atoms with E-state index in [4.69, 9.17) is 10.5 Å². The van der Waals surface area contributed by atoms with E-state index in [2.05, 4.69) is 6.92 Å². The third-order valence-electron chi connectivity index (χ3n) is 2.52. The van der Waals surface area contributed by atoms with Gasteiger partial charge in [0.15, 0.2) is 0 Å². The van der Waals surface area contributed by atoms with Gasteiger partial charge in [-0.3, -0.25) is 0 Å². The van der Waals surface area contributed by atoms with Crippen LogP contribution in [0.25, 0.3) is 0 Å². The molecule has 1 rings (SSSR count). The van der Waals surface area contributed by atoms with Crippen molar-refractivity contribution >= 4 is 11.8 Å². The van der Waals surface area contributed by atoms with Crippen molar-refractivity contribution in [1.29, 1.82) is 0 Å². The lowest BCUT2D eigenvalue weighted by Gasteiger charge is -2.13. The average molecular weight is 203 g/mol. The van der Waals surface area contributed by atoms with Crippen LogP contribution in [0.5, 0.6) is 0 Å². The fourth-order valence-electron chi connectivity index (χ4n) is 1.50. The Morgan fingerprint density at radius 3 is 2.85 bits per heavy atom. The standard InChI is InChI=1S/C10H21NOS/c1-2-3-5-12-6-4-9-7-13-8-10(9)11/h9-10H,2-8,11H2,1H3. The van der Waals surface area contributed by atoms with Crippen molar-refractivity contribution in [2.45, 2.75) is 32.2 Å². The van der Waals surface area contributed by atoms with Crippen molar-refractivity contribution in [2.24, 2.45) is 11.7 Å². The van der Waals surface area contributed by atoms with Crippen LogP contribution in [-0.4, -0.2) is 30.8 Å². The summed E-state index contributed by atoms with van der Waals surface area (Å²) < 4.78 is 5.52. The van der Waals surface area contributed by atoms with E-state index >= 15 is 0 Å². The van der Waals surface area contributed by atoms with Crippen LogP contribution in [-0.2, 0) is 4.74 Å². The van der Waals surface area contributed by atoms with E-state index < -0.39 is 0 Å². The summed E-state index contributed by atoms with van der Waals surface area (Å²) in [6, 6.07) is 0.416. The number of thioether (sulfide) groups is 1. The van der Waals surface area contributed by atoms with Gasteiger partial charge in [-0.2, -0.15) is 11.8 Å². The maximum absolute atomic E-state index is 5.94. The van der Waals surface area contributed by atoms with Crippen LogP contribution in [0.1, 0.15) is 26.2 Å². The van der Waals surface area contributed by atoms with Gasteiger partial charge in [0.05, 0.1) is 0 Å². The van der Waals surface area contributed by atoms with Crippen LogP contribution < -0.4 is 5.73 Å². The molecule has 0 aromatic rings. The summed E-state index contributed by atoms with van der Waals surface area (Å²) in [7, 11) is 0. The van der Waals surface area contributed by atoms with Gasteiger partial charge >= 0.3 is 0 Å². The molecule has 1 aliphatic heterocycles. The zero-order valence-corrected chi connectivity index (χ0v) is 9.31. The minimum Gasteiger partial charge on any atom is -0.381 e. The summed E-state index contributed by atoms with van der Waals surface area (Å²) in [6.45, 7) is 4.01. The average Bonchev–Trinajstić information content (AvgIpc) is 2.52. The van der Waals surface area contributed by atoms with Crippen LogP contribution in [0, 0.1) is 5.92 Å². The Balaban J connectivity index is 1.93. The highest BCUT2D eigenvalue weighted by Gasteiger charge is 2.23. The molecule has 0 radical (unpaired) electrons. The minimum absolute atomic E-state index is 0.416. The van der Waals surface area contributed by atoms with Crippen molar-refractivity contribution in [3.05, 3.63) is 0 Å². The van der Waals surface area contributed by atoms with Gasteiger partial charge in [0.25, 0.3) is 0 Å². The summed E-state index contributed by atoms with van der Waals surface area (Å²) in [6.07, 6.45) is 3.56. The largest absolute Gasteiger partial charge is 0.381 e. The highest BCUT2D eigenvalue weighted by Crippen LogP contribution is 2.25. The fraction of sp³-hybridized carbons (Fsp3) is 1.00. The van der Waals surface area contributed by atoms with Crippen molar-refractivity contribution in [1.82, 2.24) is 0 Å². The second-order valence-corrected chi connectivity index (χ2v) is 4.79. The van der Waals surface area contributed by atoms with Crippen molar-refractivity contribution in [2.75, 3.05) is 24.7 Å². The Morgan fingerprint density at radius 1 is 1.38 bits per heavy atom. The molecule has 78 valence electrons. The Bertz CT molecular complexity index is 132. The Hall–Kier alpha value is 0.270. The zero-order chi connectivity index (χ0) is 9.52. The van der Waals surface area contributed by atoms with Crippen LogP contribution in [0.2, 0.25) is 0 Å². The number of hydrogen-bond acceptors (Lipinski definition) is 3. The zero-order valence-electron chi connectivity index (χ0n) is 8.50. The molecule has 1 fully saturated rings. The quantitative estimate of drug-likeness (QED) is 0.670. The number of ether oxygens (including phenoxy) is 1. The summed E-state index contributed by atoms with van der Waals surface area (Å²) >= 11 is 1.98. The van der Waals surface area contributed by atoms with Crippen molar-refractivity contribution in [3.63, 3.8) is 0 Å². The maximum Gasteiger partial charge on any atom is 0.0469 e. The summed E-state index contributed by atoms with van der Waals surface area (Å²) in [4.78, 5) is 0. The van der Waals surface area contributed by atoms with E-state index in [0.29, 0.717) is 12.0 Å². The molecular weight excluding hydrogens is 182 g/mol. The molecule has 0 aromatic heterocycles. The highest BCUT2D eigenvalue weighted by atomic mass is 32.2. The first-order valence-corrected chi connectivity index (χ1v) is 6.41. The van der Waals surface area contributed by atoms with Crippen LogP contribution in [0.15, 0.2) is 0 Å². The fourth-order valence-corrected chi connectivity index (χ4v) is 2.89. The summed E-state index contributed by atoms with van der Waals surface area (Å²) in [5, 5.41) is 0. The molecule has 1 heterocycles. The maximum atomic E-state index is 5.94. The van der Waals surface area contributed by atoms with E-state index in [1.54, 1.807) is 0 Å². The molecule has 0 bridgehead atoms. The van der Waals surface area contributed by atoms with Gasteiger partial charge in [-0.25, -0.2) is 0 Å². The predicted molar refractivity (Wildman–Crippen MR) is 59.1 cm³/mol. The smallest absolute Gasteiger partial charge is 0.0469 e. The second kappa shape index (κ2) is 6.68. The molecule has 0 spiro atoms. The van der Waals surface area contributed by atoms with Crippen LogP contribution >= 0.6 is 11.8 Å². The lowest BCUT2D eigenvalue weighted by atomic mass is 10.0. The Morgan fingerprint density at radius 2 is 2.23 bits per heavy atom.